The zero-order chi connectivity index (χ0) is 11.5. The van der Waals surface area contributed by atoms with Crippen LogP contribution in [0.4, 0.5) is 5.82 Å². The second-order valence-electron chi connectivity index (χ2n) is 3.59. The lowest BCUT2D eigenvalue weighted by Gasteiger charge is -2.01. The summed E-state index contributed by atoms with van der Waals surface area (Å²) in [5.74, 6) is 0.488. The summed E-state index contributed by atoms with van der Waals surface area (Å²) in [5, 5.41) is 0. The Balaban J connectivity index is 2.24. The molecule has 0 aliphatic rings. The first kappa shape index (κ1) is 10.5. The number of rotatable bonds is 3. The van der Waals surface area contributed by atoms with Crippen molar-refractivity contribution in [3.05, 3.63) is 46.8 Å². The van der Waals surface area contributed by atoms with Crippen LogP contribution in [0, 0.1) is 0 Å². The van der Waals surface area contributed by atoms with Gasteiger partial charge in [-0.05, 0) is 18.6 Å². The number of aryl methyl sites for hydroxylation is 1. The van der Waals surface area contributed by atoms with Crippen LogP contribution in [0.25, 0.3) is 0 Å². The standard InChI is InChI=1S/C11H14N4O/c1-2-14-5-6-15(11(14)16)8-9-3-4-10(12)13-7-9/h3-7H,2,8H2,1H3,(H2,12,13). The predicted octanol–water partition coefficient (Wildman–Crippen LogP) is 0.695. The van der Waals surface area contributed by atoms with E-state index in [2.05, 4.69) is 4.98 Å². The summed E-state index contributed by atoms with van der Waals surface area (Å²) < 4.78 is 3.31. The van der Waals surface area contributed by atoms with Gasteiger partial charge in [-0.3, -0.25) is 9.13 Å². The molecule has 16 heavy (non-hydrogen) atoms. The fourth-order valence-corrected chi connectivity index (χ4v) is 1.54. The molecule has 0 saturated heterocycles. The normalized spacial score (nSPS) is 10.6. The largest absolute Gasteiger partial charge is 0.384 e. The summed E-state index contributed by atoms with van der Waals surface area (Å²) >= 11 is 0. The van der Waals surface area contributed by atoms with Gasteiger partial charge in [-0.1, -0.05) is 6.07 Å². The predicted molar refractivity (Wildman–Crippen MR) is 62.1 cm³/mol. The molecule has 0 saturated carbocycles. The van der Waals surface area contributed by atoms with Crippen LogP contribution in [0.15, 0.2) is 35.5 Å². The smallest absolute Gasteiger partial charge is 0.328 e. The quantitative estimate of drug-likeness (QED) is 0.824. The Morgan fingerprint density at radius 3 is 2.62 bits per heavy atom. The van der Waals surface area contributed by atoms with E-state index in [9.17, 15) is 4.79 Å². The Bertz CT molecular complexity index is 524. The van der Waals surface area contributed by atoms with Crippen LogP contribution in [-0.2, 0) is 13.1 Å². The van der Waals surface area contributed by atoms with Crippen molar-refractivity contribution < 1.29 is 0 Å². The van der Waals surface area contributed by atoms with Gasteiger partial charge in [-0.2, -0.15) is 0 Å². The molecule has 2 aromatic rings. The first-order valence-corrected chi connectivity index (χ1v) is 5.16. The third kappa shape index (κ3) is 1.98. The highest BCUT2D eigenvalue weighted by atomic mass is 16.1. The summed E-state index contributed by atoms with van der Waals surface area (Å²) in [5.41, 5.74) is 6.45. The van der Waals surface area contributed by atoms with Gasteiger partial charge in [-0.25, -0.2) is 9.78 Å². The third-order valence-electron chi connectivity index (χ3n) is 2.46. The van der Waals surface area contributed by atoms with Crippen molar-refractivity contribution in [3.63, 3.8) is 0 Å². The van der Waals surface area contributed by atoms with E-state index in [1.165, 1.54) is 0 Å². The zero-order valence-electron chi connectivity index (χ0n) is 9.13. The topological polar surface area (TPSA) is 65.8 Å². The van der Waals surface area contributed by atoms with Crippen molar-refractivity contribution in [2.75, 3.05) is 5.73 Å². The van der Waals surface area contributed by atoms with E-state index in [4.69, 9.17) is 5.73 Å². The first-order chi connectivity index (χ1) is 7.70. The zero-order valence-corrected chi connectivity index (χ0v) is 9.13. The second kappa shape index (κ2) is 4.22. The molecule has 0 aliphatic carbocycles. The Hall–Kier alpha value is -2.04. The van der Waals surface area contributed by atoms with Crippen LogP contribution in [0.3, 0.4) is 0 Å². The van der Waals surface area contributed by atoms with Gasteiger partial charge in [0.05, 0.1) is 6.54 Å². The molecule has 0 aromatic carbocycles. The fraction of sp³-hybridized carbons (Fsp3) is 0.273. The molecule has 0 aliphatic heterocycles. The molecule has 84 valence electrons. The number of hydrogen-bond donors (Lipinski definition) is 1. The number of anilines is 1. The maximum atomic E-state index is 11.8. The molecule has 0 fully saturated rings. The number of imidazole rings is 1. The SMILES string of the molecule is CCn1ccn(Cc2ccc(N)nc2)c1=O. The molecule has 0 unspecified atom stereocenters. The van der Waals surface area contributed by atoms with Gasteiger partial charge in [-0.15, -0.1) is 0 Å². The van der Waals surface area contributed by atoms with E-state index in [1.807, 2.05) is 13.0 Å². The summed E-state index contributed by atoms with van der Waals surface area (Å²) in [4.78, 5) is 15.7. The summed E-state index contributed by atoms with van der Waals surface area (Å²) in [6.07, 6.45) is 5.25. The molecule has 0 radical (unpaired) electrons. The Labute approximate surface area is 93.2 Å². The van der Waals surface area contributed by atoms with E-state index >= 15 is 0 Å². The number of pyridine rings is 1. The van der Waals surface area contributed by atoms with E-state index < -0.39 is 0 Å². The summed E-state index contributed by atoms with van der Waals surface area (Å²) in [7, 11) is 0. The van der Waals surface area contributed by atoms with Gasteiger partial charge < -0.3 is 5.73 Å². The number of hydrogen-bond acceptors (Lipinski definition) is 3. The molecule has 5 nitrogen and oxygen atoms in total. The molecular formula is C11H14N4O. The van der Waals surface area contributed by atoms with Crippen molar-refractivity contribution >= 4 is 5.82 Å². The molecule has 2 aromatic heterocycles. The minimum atomic E-state index is -0.000625. The maximum Gasteiger partial charge on any atom is 0.328 e. The van der Waals surface area contributed by atoms with E-state index in [1.54, 1.807) is 33.8 Å². The lowest BCUT2D eigenvalue weighted by molar-refractivity contribution is 0.667. The summed E-state index contributed by atoms with van der Waals surface area (Å²) in [6.45, 7) is 3.15. The van der Waals surface area contributed by atoms with Gasteiger partial charge in [0.2, 0.25) is 0 Å². The third-order valence-corrected chi connectivity index (χ3v) is 2.46. The van der Waals surface area contributed by atoms with Crippen LogP contribution in [-0.4, -0.2) is 14.1 Å². The molecule has 0 atom stereocenters. The lowest BCUT2D eigenvalue weighted by atomic mass is 10.3. The van der Waals surface area contributed by atoms with Crippen molar-refractivity contribution in [1.29, 1.82) is 0 Å². The van der Waals surface area contributed by atoms with Crippen molar-refractivity contribution in [1.82, 2.24) is 14.1 Å². The molecule has 0 spiro atoms. The number of nitrogens with zero attached hydrogens (tertiary/aromatic N) is 3. The number of nitrogens with two attached hydrogens (primary N) is 1. The van der Waals surface area contributed by atoms with Crippen LogP contribution in [0.1, 0.15) is 12.5 Å². The molecular weight excluding hydrogens is 204 g/mol. The highest BCUT2D eigenvalue weighted by Gasteiger charge is 2.02. The van der Waals surface area contributed by atoms with Gasteiger partial charge in [0.1, 0.15) is 5.82 Å². The first-order valence-electron chi connectivity index (χ1n) is 5.16. The molecule has 0 amide bonds. The molecule has 0 bridgehead atoms. The number of aromatic nitrogens is 3. The van der Waals surface area contributed by atoms with Gasteiger partial charge in [0.15, 0.2) is 0 Å². The van der Waals surface area contributed by atoms with Crippen molar-refractivity contribution in [3.8, 4) is 0 Å². The maximum absolute atomic E-state index is 11.8. The monoisotopic (exact) mass is 218 g/mol. The van der Waals surface area contributed by atoms with Crippen LogP contribution in [0.2, 0.25) is 0 Å². The van der Waals surface area contributed by atoms with E-state index in [0.717, 1.165) is 5.56 Å². The number of nitrogen functional groups attached to an aromatic ring is 1. The van der Waals surface area contributed by atoms with Gasteiger partial charge in [0.25, 0.3) is 0 Å². The van der Waals surface area contributed by atoms with Crippen LogP contribution < -0.4 is 11.4 Å². The molecule has 2 rings (SSSR count). The Morgan fingerprint density at radius 2 is 2.06 bits per heavy atom. The minimum Gasteiger partial charge on any atom is -0.384 e. The average Bonchev–Trinajstić information content (AvgIpc) is 2.63. The van der Waals surface area contributed by atoms with E-state index in [-0.39, 0.29) is 5.69 Å². The highest BCUT2D eigenvalue weighted by molar-refractivity contribution is 5.29. The van der Waals surface area contributed by atoms with Crippen LogP contribution >= 0.6 is 0 Å². The van der Waals surface area contributed by atoms with Crippen molar-refractivity contribution in [2.45, 2.75) is 20.0 Å². The van der Waals surface area contributed by atoms with E-state index in [0.29, 0.717) is 18.9 Å². The van der Waals surface area contributed by atoms with Crippen LogP contribution in [0.5, 0.6) is 0 Å². The van der Waals surface area contributed by atoms with Gasteiger partial charge in [0, 0.05) is 25.1 Å². The van der Waals surface area contributed by atoms with Crippen molar-refractivity contribution in [2.24, 2.45) is 0 Å². The Kier molecular flexibility index (Phi) is 2.76. The second-order valence-corrected chi connectivity index (χ2v) is 3.59. The van der Waals surface area contributed by atoms with Gasteiger partial charge >= 0.3 is 5.69 Å². The minimum absolute atomic E-state index is 0.000625. The highest BCUT2D eigenvalue weighted by Crippen LogP contribution is 2.02. The Morgan fingerprint density at radius 1 is 1.31 bits per heavy atom. The molecule has 2 heterocycles. The lowest BCUT2D eigenvalue weighted by Crippen LogP contribution is -2.23. The molecule has 5 heteroatoms. The fourth-order valence-electron chi connectivity index (χ4n) is 1.54. The average molecular weight is 218 g/mol. The molecule has 2 N–H and O–H groups in total. The summed E-state index contributed by atoms with van der Waals surface area (Å²) in [6, 6.07) is 3.61.